The van der Waals surface area contributed by atoms with E-state index in [-0.39, 0.29) is 11.8 Å². The highest BCUT2D eigenvalue weighted by atomic mass is 16.4. The molecule has 0 aromatic carbocycles. The smallest absolute Gasteiger partial charge is 0.307 e. The summed E-state index contributed by atoms with van der Waals surface area (Å²) >= 11 is 0. The first-order chi connectivity index (χ1) is 9.66. The fourth-order valence-electron chi connectivity index (χ4n) is 5.17. The van der Waals surface area contributed by atoms with Crippen LogP contribution >= 0.6 is 0 Å². The topological polar surface area (TPSA) is 66.4 Å². The number of aliphatic carboxylic acids is 1. The van der Waals surface area contributed by atoms with Crippen LogP contribution in [0.2, 0.25) is 0 Å². The Kier molecular flexibility index (Phi) is 2.69. The third-order valence-corrected chi connectivity index (χ3v) is 6.13. The zero-order valence-corrected chi connectivity index (χ0v) is 11.5. The molecule has 4 aliphatic carbocycles. The third-order valence-electron chi connectivity index (χ3n) is 6.13. The summed E-state index contributed by atoms with van der Waals surface area (Å²) in [5, 5.41) is 12.4. The number of carboxylic acids is 1. The number of allylic oxidation sites excluding steroid dienone is 2. The van der Waals surface area contributed by atoms with Crippen molar-refractivity contribution in [2.24, 2.45) is 35.5 Å². The maximum atomic E-state index is 12.4. The van der Waals surface area contributed by atoms with E-state index in [1.54, 1.807) is 0 Å². The van der Waals surface area contributed by atoms with Gasteiger partial charge in [0.25, 0.3) is 0 Å². The number of nitrogens with one attached hydrogen (secondary N) is 1. The number of amides is 1. The highest BCUT2D eigenvalue weighted by molar-refractivity contribution is 5.85. The lowest BCUT2D eigenvalue weighted by Gasteiger charge is -2.25. The average molecular weight is 275 g/mol. The van der Waals surface area contributed by atoms with E-state index in [1.807, 2.05) is 12.2 Å². The van der Waals surface area contributed by atoms with E-state index in [1.165, 1.54) is 19.3 Å². The molecule has 1 amide bonds. The lowest BCUT2D eigenvalue weighted by atomic mass is 9.82. The molecule has 0 heterocycles. The minimum Gasteiger partial charge on any atom is -0.481 e. The van der Waals surface area contributed by atoms with Gasteiger partial charge >= 0.3 is 5.97 Å². The van der Waals surface area contributed by atoms with E-state index in [9.17, 15) is 14.7 Å². The van der Waals surface area contributed by atoms with Crippen molar-refractivity contribution in [2.75, 3.05) is 0 Å². The van der Waals surface area contributed by atoms with Crippen LogP contribution in [0.25, 0.3) is 0 Å². The minimum absolute atomic E-state index is 0.0273. The lowest BCUT2D eigenvalue weighted by Crippen LogP contribution is -2.41. The van der Waals surface area contributed by atoms with E-state index in [0.29, 0.717) is 30.7 Å². The van der Waals surface area contributed by atoms with Crippen molar-refractivity contribution in [3.8, 4) is 0 Å². The molecule has 0 aromatic rings. The third kappa shape index (κ3) is 1.73. The monoisotopic (exact) mass is 275 g/mol. The molecule has 0 saturated heterocycles. The molecule has 4 rings (SSSR count). The normalized spacial score (nSPS) is 47.9. The quantitative estimate of drug-likeness (QED) is 0.772. The first-order valence-electron chi connectivity index (χ1n) is 7.85. The Morgan fingerprint density at radius 2 is 1.60 bits per heavy atom. The largest absolute Gasteiger partial charge is 0.481 e. The number of carbonyl (C=O) groups excluding carboxylic acids is 1. The number of rotatable bonds is 3. The number of carbonyl (C=O) groups is 2. The average Bonchev–Trinajstić information content (AvgIpc) is 2.84. The lowest BCUT2D eigenvalue weighted by molar-refractivity contribution is -0.147. The predicted molar refractivity (Wildman–Crippen MR) is 72.7 cm³/mol. The maximum Gasteiger partial charge on any atom is 0.307 e. The summed E-state index contributed by atoms with van der Waals surface area (Å²) in [4.78, 5) is 23.7. The molecular formula is C16H21NO3. The first kappa shape index (κ1) is 12.4. The van der Waals surface area contributed by atoms with Crippen molar-refractivity contribution in [2.45, 2.75) is 38.1 Å². The molecule has 0 spiro atoms. The van der Waals surface area contributed by atoms with E-state index in [2.05, 4.69) is 5.32 Å². The molecule has 4 heteroatoms. The fraction of sp³-hybridized carbons (Fsp3) is 0.750. The zero-order chi connectivity index (χ0) is 13.9. The first-order valence-corrected chi connectivity index (χ1v) is 7.85. The van der Waals surface area contributed by atoms with Gasteiger partial charge in [-0.3, -0.25) is 9.59 Å². The van der Waals surface area contributed by atoms with Gasteiger partial charge in [0.2, 0.25) is 5.91 Å². The molecule has 3 fully saturated rings. The Bertz CT molecular complexity index is 470. The molecule has 4 aliphatic rings. The second kappa shape index (κ2) is 4.34. The van der Waals surface area contributed by atoms with Gasteiger partial charge in [-0.2, -0.15) is 0 Å². The van der Waals surface area contributed by atoms with Crippen LogP contribution in [-0.4, -0.2) is 23.0 Å². The van der Waals surface area contributed by atoms with Crippen LogP contribution < -0.4 is 5.32 Å². The molecule has 108 valence electrons. The number of hydrogen-bond donors (Lipinski definition) is 2. The SMILES string of the molecule is O=C(O)[C@H]1CC=CC[C@H]1C(=O)NC1C2C3CCC(C3)C12. The van der Waals surface area contributed by atoms with Gasteiger partial charge in [0.05, 0.1) is 11.8 Å². The van der Waals surface area contributed by atoms with Crippen LogP contribution in [0.3, 0.4) is 0 Å². The van der Waals surface area contributed by atoms with Crippen molar-refractivity contribution in [3.63, 3.8) is 0 Å². The van der Waals surface area contributed by atoms with E-state index in [0.717, 1.165) is 11.8 Å². The van der Waals surface area contributed by atoms with E-state index < -0.39 is 11.9 Å². The molecule has 20 heavy (non-hydrogen) atoms. The maximum absolute atomic E-state index is 12.4. The second-order valence-corrected chi connectivity index (χ2v) is 7.02. The number of hydrogen-bond acceptors (Lipinski definition) is 2. The van der Waals surface area contributed by atoms with Crippen molar-refractivity contribution in [3.05, 3.63) is 12.2 Å². The summed E-state index contributed by atoms with van der Waals surface area (Å²) in [7, 11) is 0. The van der Waals surface area contributed by atoms with Gasteiger partial charge in [0.1, 0.15) is 0 Å². The highest BCUT2D eigenvalue weighted by Crippen LogP contribution is 2.65. The van der Waals surface area contributed by atoms with Crippen LogP contribution in [0, 0.1) is 35.5 Å². The molecule has 4 nitrogen and oxygen atoms in total. The van der Waals surface area contributed by atoms with Crippen LogP contribution in [0.4, 0.5) is 0 Å². The van der Waals surface area contributed by atoms with Gasteiger partial charge < -0.3 is 10.4 Å². The Labute approximate surface area is 118 Å². The summed E-state index contributed by atoms with van der Waals surface area (Å²) in [5.74, 6) is 1.28. The van der Waals surface area contributed by atoms with Crippen molar-refractivity contribution in [1.82, 2.24) is 5.32 Å². The van der Waals surface area contributed by atoms with Gasteiger partial charge in [-0.15, -0.1) is 0 Å². The molecule has 3 saturated carbocycles. The predicted octanol–water partition coefficient (Wildman–Crippen LogP) is 1.81. The number of carboxylic acid groups (broad SMARTS) is 1. The molecular weight excluding hydrogens is 254 g/mol. The molecule has 0 aliphatic heterocycles. The van der Waals surface area contributed by atoms with Gasteiger partial charge in [-0.25, -0.2) is 0 Å². The Morgan fingerprint density at radius 1 is 1.00 bits per heavy atom. The van der Waals surface area contributed by atoms with Gasteiger partial charge in [0.15, 0.2) is 0 Å². The van der Waals surface area contributed by atoms with E-state index >= 15 is 0 Å². The van der Waals surface area contributed by atoms with Crippen LogP contribution in [-0.2, 0) is 9.59 Å². The summed E-state index contributed by atoms with van der Waals surface area (Å²) in [6.45, 7) is 0. The molecule has 0 aromatic heterocycles. The highest BCUT2D eigenvalue weighted by Gasteiger charge is 2.65. The van der Waals surface area contributed by atoms with Crippen molar-refractivity contribution in [1.29, 1.82) is 0 Å². The molecule has 2 bridgehead atoms. The Balaban J connectivity index is 1.41. The van der Waals surface area contributed by atoms with E-state index in [4.69, 9.17) is 0 Å². The molecule has 0 radical (unpaired) electrons. The number of fused-ring (bicyclic) bond motifs is 5. The van der Waals surface area contributed by atoms with Crippen LogP contribution in [0.5, 0.6) is 0 Å². The van der Waals surface area contributed by atoms with Gasteiger partial charge in [-0.1, -0.05) is 12.2 Å². The minimum atomic E-state index is -0.842. The van der Waals surface area contributed by atoms with Crippen LogP contribution in [0.15, 0.2) is 12.2 Å². The standard InChI is InChI=1S/C16H21NO3/c18-15(10-3-1-2-4-11(10)16(19)20)17-14-12-8-5-6-9(7-8)13(12)14/h1-2,8-14H,3-7H2,(H,17,18)(H,19,20)/t8?,9?,10-,11+,12?,13?,14?/m1/s1. The zero-order valence-electron chi connectivity index (χ0n) is 11.5. The molecule has 6 atom stereocenters. The Hall–Kier alpha value is -1.32. The summed E-state index contributed by atoms with van der Waals surface area (Å²) in [6.07, 6.45) is 8.92. The van der Waals surface area contributed by atoms with Gasteiger partial charge in [0, 0.05) is 6.04 Å². The fourth-order valence-corrected chi connectivity index (χ4v) is 5.17. The molecule has 4 unspecified atom stereocenters. The Morgan fingerprint density at radius 3 is 2.20 bits per heavy atom. The molecule has 2 N–H and O–H groups in total. The van der Waals surface area contributed by atoms with Gasteiger partial charge in [-0.05, 0) is 55.8 Å². The van der Waals surface area contributed by atoms with Crippen molar-refractivity contribution >= 4 is 11.9 Å². The second-order valence-electron chi connectivity index (χ2n) is 7.02. The summed E-state index contributed by atoms with van der Waals surface area (Å²) < 4.78 is 0. The summed E-state index contributed by atoms with van der Waals surface area (Å²) in [5.41, 5.74) is 0. The van der Waals surface area contributed by atoms with Crippen molar-refractivity contribution < 1.29 is 14.7 Å². The summed E-state index contributed by atoms with van der Waals surface area (Å²) in [6, 6.07) is 0.356. The van der Waals surface area contributed by atoms with Crippen LogP contribution in [0.1, 0.15) is 32.1 Å².